The number of imidazole rings is 1. The second-order valence-electron chi connectivity index (χ2n) is 6.17. The second-order valence-corrected chi connectivity index (χ2v) is 6.17. The normalized spacial score (nSPS) is 15.3. The van der Waals surface area contributed by atoms with E-state index in [1.807, 2.05) is 46.0 Å². The van der Waals surface area contributed by atoms with Crippen molar-refractivity contribution in [1.29, 1.82) is 0 Å². The molecule has 1 fully saturated rings. The largest absolute Gasteiger partial charge is 0.339 e. The van der Waals surface area contributed by atoms with Crippen LogP contribution < -0.4 is 0 Å². The average Bonchev–Trinajstić information content (AvgIpc) is 3.23. The van der Waals surface area contributed by atoms with Crippen LogP contribution in [0.1, 0.15) is 34.8 Å². The molecule has 6 heteroatoms. The van der Waals surface area contributed by atoms with Crippen molar-refractivity contribution in [1.82, 2.24) is 24.4 Å². The van der Waals surface area contributed by atoms with Gasteiger partial charge in [-0.05, 0) is 25.0 Å². The summed E-state index contributed by atoms with van der Waals surface area (Å²) in [5.74, 6) is 1.23. The molecular formula is C19H19N5O. The fourth-order valence-corrected chi connectivity index (χ4v) is 3.33. The molecule has 2 aromatic heterocycles. The van der Waals surface area contributed by atoms with Crippen molar-refractivity contribution in [2.75, 3.05) is 13.1 Å². The predicted octanol–water partition coefficient (Wildman–Crippen LogP) is 2.68. The van der Waals surface area contributed by atoms with Crippen LogP contribution in [-0.2, 0) is 0 Å². The van der Waals surface area contributed by atoms with E-state index in [1.54, 1.807) is 24.9 Å². The molecule has 6 nitrogen and oxygen atoms in total. The van der Waals surface area contributed by atoms with Crippen molar-refractivity contribution in [3.8, 4) is 5.82 Å². The minimum atomic E-state index is 0.105. The Morgan fingerprint density at radius 2 is 1.76 bits per heavy atom. The van der Waals surface area contributed by atoms with Crippen molar-refractivity contribution in [3.63, 3.8) is 0 Å². The Labute approximate surface area is 146 Å². The number of hydrogen-bond donors (Lipinski definition) is 0. The van der Waals surface area contributed by atoms with E-state index in [1.165, 1.54) is 0 Å². The summed E-state index contributed by atoms with van der Waals surface area (Å²) in [6.45, 7) is 1.47. The third-order valence-electron chi connectivity index (χ3n) is 4.64. The summed E-state index contributed by atoms with van der Waals surface area (Å²) in [6, 6.07) is 9.46. The van der Waals surface area contributed by atoms with Gasteiger partial charge in [-0.25, -0.2) is 9.97 Å². The van der Waals surface area contributed by atoms with Gasteiger partial charge in [-0.3, -0.25) is 14.3 Å². The van der Waals surface area contributed by atoms with Gasteiger partial charge in [0.1, 0.15) is 6.33 Å². The third-order valence-corrected chi connectivity index (χ3v) is 4.64. The highest BCUT2D eigenvalue weighted by atomic mass is 16.2. The molecule has 0 radical (unpaired) electrons. The van der Waals surface area contributed by atoms with Gasteiger partial charge >= 0.3 is 0 Å². The minimum absolute atomic E-state index is 0.105. The Morgan fingerprint density at radius 1 is 1.00 bits per heavy atom. The third kappa shape index (κ3) is 3.15. The molecule has 0 atom stereocenters. The van der Waals surface area contributed by atoms with Crippen LogP contribution in [0.3, 0.4) is 0 Å². The van der Waals surface area contributed by atoms with Crippen LogP contribution in [0.25, 0.3) is 5.82 Å². The van der Waals surface area contributed by atoms with Crippen molar-refractivity contribution < 1.29 is 4.79 Å². The lowest BCUT2D eigenvalue weighted by Crippen LogP contribution is -2.38. The zero-order valence-corrected chi connectivity index (χ0v) is 13.8. The minimum Gasteiger partial charge on any atom is -0.339 e. The summed E-state index contributed by atoms with van der Waals surface area (Å²) in [5, 5.41) is 0. The molecule has 1 aliphatic rings. The van der Waals surface area contributed by atoms with Gasteiger partial charge in [-0.15, -0.1) is 0 Å². The molecule has 0 spiro atoms. The van der Waals surface area contributed by atoms with Gasteiger partial charge < -0.3 is 4.90 Å². The van der Waals surface area contributed by atoms with E-state index in [2.05, 4.69) is 15.0 Å². The van der Waals surface area contributed by atoms with Gasteiger partial charge in [-0.1, -0.05) is 18.2 Å². The Hall–Kier alpha value is -3.02. The molecule has 0 saturated carbocycles. The summed E-state index contributed by atoms with van der Waals surface area (Å²) in [4.78, 5) is 27.7. The first-order chi connectivity index (χ1) is 12.3. The predicted molar refractivity (Wildman–Crippen MR) is 93.5 cm³/mol. The van der Waals surface area contributed by atoms with Crippen LogP contribution in [-0.4, -0.2) is 43.4 Å². The van der Waals surface area contributed by atoms with Gasteiger partial charge in [0.15, 0.2) is 5.82 Å². The summed E-state index contributed by atoms with van der Waals surface area (Å²) in [6.07, 6.45) is 10.6. The van der Waals surface area contributed by atoms with E-state index in [9.17, 15) is 4.79 Å². The summed E-state index contributed by atoms with van der Waals surface area (Å²) in [5.41, 5.74) is 1.73. The number of likely N-dealkylation sites (tertiary alicyclic amines) is 1. The maximum absolute atomic E-state index is 12.6. The molecule has 3 aromatic rings. The zero-order chi connectivity index (χ0) is 17.1. The molecular weight excluding hydrogens is 314 g/mol. The van der Waals surface area contributed by atoms with E-state index in [4.69, 9.17) is 0 Å². The maximum atomic E-state index is 12.6. The number of hydrogen-bond acceptors (Lipinski definition) is 4. The quantitative estimate of drug-likeness (QED) is 0.739. The first kappa shape index (κ1) is 15.5. The van der Waals surface area contributed by atoms with E-state index < -0.39 is 0 Å². The molecule has 3 heterocycles. The van der Waals surface area contributed by atoms with Crippen LogP contribution in [0, 0.1) is 0 Å². The van der Waals surface area contributed by atoms with Crippen LogP contribution in [0.2, 0.25) is 0 Å². The van der Waals surface area contributed by atoms with E-state index in [0.29, 0.717) is 5.92 Å². The topological polar surface area (TPSA) is 63.9 Å². The number of carbonyl (C=O) groups excluding carboxylic acids is 1. The van der Waals surface area contributed by atoms with Gasteiger partial charge in [0, 0.05) is 49.4 Å². The number of carbonyl (C=O) groups is 1. The summed E-state index contributed by atoms with van der Waals surface area (Å²) >= 11 is 0. The lowest BCUT2D eigenvalue weighted by molar-refractivity contribution is 0.0712. The van der Waals surface area contributed by atoms with Crippen molar-refractivity contribution >= 4 is 5.91 Å². The Kier molecular flexibility index (Phi) is 4.24. The number of aromatic nitrogens is 4. The highest BCUT2D eigenvalue weighted by Gasteiger charge is 2.27. The standard InChI is InChI=1S/C19H19N5O/c25-19(16-4-2-1-3-5-16)23-11-6-15(7-12-23)17-18(22-9-8-21-17)24-13-10-20-14-24/h1-5,8-10,13-15H,6-7,11-12H2. The highest BCUT2D eigenvalue weighted by Crippen LogP contribution is 2.30. The van der Waals surface area contributed by atoms with Crippen molar-refractivity contribution in [3.05, 3.63) is 72.7 Å². The highest BCUT2D eigenvalue weighted by molar-refractivity contribution is 5.94. The molecule has 1 saturated heterocycles. The van der Waals surface area contributed by atoms with Crippen molar-refractivity contribution in [2.45, 2.75) is 18.8 Å². The lowest BCUT2D eigenvalue weighted by Gasteiger charge is -2.32. The van der Waals surface area contributed by atoms with Gasteiger partial charge in [0.2, 0.25) is 0 Å². The molecule has 1 amide bonds. The number of benzene rings is 1. The number of nitrogens with zero attached hydrogens (tertiary/aromatic N) is 5. The molecule has 4 rings (SSSR count). The van der Waals surface area contributed by atoms with Gasteiger partial charge in [0.05, 0.1) is 5.69 Å². The van der Waals surface area contributed by atoms with Gasteiger partial charge in [-0.2, -0.15) is 0 Å². The Bertz CT molecular complexity index is 839. The summed E-state index contributed by atoms with van der Waals surface area (Å²) < 4.78 is 1.89. The Morgan fingerprint density at radius 3 is 2.48 bits per heavy atom. The molecule has 0 N–H and O–H groups in total. The summed E-state index contributed by atoms with van der Waals surface area (Å²) in [7, 11) is 0. The van der Waals surface area contributed by atoms with Crippen LogP contribution >= 0.6 is 0 Å². The van der Waals surface area contributed by atoms with E-state index >= 15 is 0 Å². The van der Waals surface area contributed by atoms with Crippen LogP contribution in [0.4, 0.5) is 0 Å². The SMILES string of the molecule is O=C(c1ccccc1)N1CCC(c2nccnc2-n2ccnc2)CC1. The molecule has 126 valence electrons. The second kappa shape index (κ2) is 6.84. The molecule has 1 aliphatic heterocycles. The molecule has 25 heavy (non-hydrogen) atoms. The molecule has 0 unspecified atom stereocenters. The number of piperidine rings is 1. The van der Waals surface area contributed by atoms with Gasteiger partial charge in [0.25, 0.3) is 5.91 Å². The van der Waals surface area contributed by atoms with Crippen LogP contribution in [0.15, 0.2) is 61.4 Å². The fraction of sp³-hybridized carbons (Fsp3) is 0.263. The monoisotopic (exact) mass is 333 g/mol. The fourth-order valence-electron chi connectivity index (χ4n) is 3.33. The first-order valence-corrected chi connectivity index (χ1v) is 8.46. The average molecular weight is 333 g/mol. The molecule has 0 aliphatic carbocycles. The van der Waals surface area contributed by atoms with E-state index in [-0.39, 0.29) is 5.91 Å². The number of rotatable bonds is 3. The van der Waals surface area contributed by atoms with Crippen LogP contribution in [0.5, 0.6) is 0 Å². The molecule has 1 aromatic carbocycles. The maximum Gasteiger partial charge on any atom is 0.253 e. The Balaban J connectivity index is 1.49. The molecule has 0 bridgehead atoms. The number of amides is 1. The smallest absolute Gasteiger partial charge is 0.253 e. The van der Waals surface area contributed by atoms with E-state index in [0.717, 1.165) is 43.0 Å². The lowest BCUT2D eigenvalue weighted by atomic mass is 9.92. The zero-order valence-electron chi connectivity index (χ0n) is 13.8. The first-order valence-electron chi connectivity index (χ1n) is 8.46. The van der Waals surface area contributed by atoms with Crippen molar-refractivity contribution in [2.24, 2.45) is 0 Å².